The Labute approximate surface area is 97.4 Å². The molecule has 0 saturated heterocycles. The van der Waals surface area contributed by atoms with Crippen LogP contribution in [-0.2, 0) is 0 Å². The number of pyridine rings is 1. The molecule has 2 aromatic heterocycles. The van der Waals surface area contributed by atoms with Gasteiger partial charge in [-0.05, 0) is 24.3 Å². The van der Waals surface area contributed by atoms with Crippen LogP contribution in [-0.4, -0.2) is 17.1 Å². The summed E-state index contributed by atoms with van der Waals surface area (Å²) < 4.78 is 5.02. The SMILES string of the molecule is COc1ccc(C=Cc2csc(N)n2)nc1. The Morgan fingerprint density at radius 2 is 2.12 bits per heavy atom. The van der Waals surface area contributed by atoms with Gasteiger partial charge in [-0.3, -0.25) is 4.98 Å². The third-order valence-corrected chi connectivity index (χ3v) is 2.65. The molecule has 16 heavy (non-hydrogen) atoms. The minimum atomic E-state index is 0.572. The van der Waals surface area contributed by atoms with Crippen molar-refractivity contribution >= 4 is 28.6 Å². The summed E-state index contributed by atoms with van der Waals surface area (Å²) in [6, 6.07) is 3.74. The van der Waals surface area contributed by atoms with Gasteiger partial charge in [0.1, 0.15) is 5.75 Å². The van der Waals surface area contributed by atoms with E-state index in [-0.39, 0.29) is 0 Å². The van der Waals surface area contributed by atoms with E-state index in [1.807, 2.05) is 29.7 Å². The van der Waals surface area contributed by atoms with Gasteiger partial charge < -0.3 is 10.5 Å². The van der Waals surface area contributed by atoms with Crippen LogP contribution < -0.4 is 10.5 Å². The van der Waals surface area contributed by atoms with Crippen LogP contribution in [0.3, 0.4) is 0 Å². The number of nitrogens with zero attached hydrogens (tertiary/aromatic N) is 2. The van der Waals surface area contributed by atoms with Gasteiger partial charge in [0.2, 0.25) is 0 Å². The molecule has 0 aliphatic heterocycles. The van der Waals surface area contributed by atoms with Crippen LogP contribution in [0.4, 0.5) is 5.13 Å². The van der Waals surface area contributed by atoms with Crippen molar-refractivity contribution in [1.29, 1.82) is 0 Å². The van der Waals surface area contributed by atoms with Crippen LogP contribution in [0, 0.1) is 0 Å². The second-order valence-electron chi connectivity index (χ2n) is 3.07. The van der Waals surface area contributed by atoms with Gasteiger partial charge in [-0.2, -0.15) is 0 Å². The molecule has 2 aromatic rings. The maximum Gasteiger partial charge on any atom is 0.180 e. The maximum absolute atomic E-state index is 5.53. The Kier molecular flexibility index (Phi) is 3.16. The highest BCUT2D eigenvalue weighted by Gasteiger charge is 1.94. The van der Waals surface area contributed by atoms with Gasteiger partial charge >= 0.3 is 0 Å². The molecule has 2 N–H and O–H groups in total. The highest BCUT2D eigenvalue weighted by atomic mass is 32.1. The van der Waals surface area contributed by atoms with E-state index < -0.39 is 0 Å². The molecule has 82 valence electrons. The van der Waals surface area contributed by atoms with Crippen LogP contribution in [0.25, 0.3) is 12.2 Å². The molecule has 4 nitrogen and oxygen atoms in total. The number of thiazole rings is 1. The summed E-state index contributed by atoms with van der Waals surface area (Å²) in [7, 11) is 1.62. The average Bonchev–Trinajstić information content (AvgIpc) is 2.73. The Hall–Kier alpha value is -1.88. The molecular formula is C11H11N3OS. The van der Waals surface area contributed by atoms with Gasteiger partial charge in [0, 0.05) is 5.38 Å². The largest absolute Gasteiger partial charge is 0.495 e. The first-order valence-electron chi connectivity index (χ1n) is 4.67. The monoisotopic (exact) mass is 233 g/mol. The number of hydrogen-bond acceptors (Lipinski definition) is 5. The summed E-state index contributed by atoms with van der Waals surface area (Å²) in [5.41, 5.74) is 7.23. The molecule has 0 spiro atoms. The van der Waals surface area contributed by atoms with Crippen LogP contribution in [0.5, 0.6) is 5.75 Å². The Morgan fingerprint density at radius 3 is 2.69 bits per heavy atom. The lowest BCUT2D eigenvalue weighted by Crippen LogP contribution is -1.85. The van der Waals surface area contributed by atoms with Crippen LogP contribution in [0.15, 0.2) is 23.7 Å². The average molecular weight is 233 g/mol. The molecule has 0 atom stereocenters. The molecule has 5 heteroatoms. The predicted molar refractivity (Wildman–Crippen MR) is 66.2 cm³/mol. The number of ether oxygens (including phenoxy) is 1. The van der Waals surface area contributed by atoms with Crippen LogP contribution in [0.2, 0.25) is 0 Å². The predicted octanol–water partition coefficient (Wildman–Crippen LogP) is 2.30. The zero-order valence-corrected chi connectivity index (χ0v) is 9.57. The third-order valence-electron chi connectivity index (χ3n) is 1.96. The normalized spacial score (nSPS) is 10.8. The number of methoxy groups -OCH3 is 1. The molecule has 0 radical (unpaired) electrons. The highest BCUT2D eigenvalue weighted by molar-refractivity contribution is 7.13. The Morgan fingerprint density at radius 1 is 1.31 bits per heavy atom. The first kappa shape index (κ1) is 10.6. The first-order chi connectivity index (χ1) is 7.78. The molecule has 0 aliphatic rings. The van der Waals surface area contributed by atoms with Crippen molar-refractivity contribution in [3.63, 3.8) is 0 Å². The first-order valence-corrected chi connectivity index (χ1v) is 5.55. The van der Waals surface area contributed by atoms with Gasteiger partial charge in [-0.1, -0.05) is 0 Å². The molecule has 2 rings (SSSR count). The smallest absolute Gasteiger partial charge is 0.180 e. The van der Waals surface area contributed by atoms with Crippen LogP contribution in [0.1, 0.15) is 11.4 Å². The molecule has 0 saturated carbocycles. The summed E-state index contributed by atoms with van der Waals surface area (Å²) in [6.07, 6.45) is 5.44. The molecule has 0 aliphatic carbocycles. The fraction of sp³-hybridized carbons (Fsp3) is 0.0909. The van der Waals surface area contributed by atoms with E-state index in [0.717, 1.165) is 17.1 Å². The lowest BCUT2D eigenvalue weighted by atomic mass is 10.3. The highest BCUT2D eigenvalue weighted by Crippen LogP contribution is 2.14. The summed E-state index contributed by atoms with van der Waals surface area (Å²) >= 11 is 1.42. The number of rotatable bonds is 3. The van der Waals surface area contributed by atoms with Crippen LogP contribution >= 0.6 is 11.3 Å². The quantitative estimate of drug-likeness (QED) is 0.883. The number of aromatic nitrogens is 2. The molecule has 2 heterocycles. The molecule has 0 bridgehead atoms. The Balaban J connectivity index is 2.11. The van der Waals surface area contributed by atoms with Gasteiger partial charge in [-0.25, -0.2) is 4.98 Å². The zero-order chi connectivity index (χ0) is 11.4. The topological polar surface area (TPSA) is 61.0 Å². The number of nitrogen functional groups attached to an aromatic ring is 1. The minimum Gasteiger partial charge on any atom is -0.495 e. The fourth-order valence-electron chi connectivity index (χ4n) is 1.16. The molecular weight excluding hydrogens is 222 g/mol. The van der Waals surface area contributed by atoms with Gasteiger partial charge in [0.15, 0.2) is 5.13 Å². The van der Waals surface area contributed by atoms with E-state index in [0.29, 0.717) is 5.13 Å². The van der Waals surface area contributed by atoms with Crippen molar-refractivity contribution in [2.75, 3.05) is 12.8 Å². The molecule has 0 fully saturated rings. The fourth-order valence-corrected chi connectivity index (χ4v) is 1.69. The van der Waals surface area contributed by atoms with E-state index in [2.05, 4.69) is 9.97 Å². The summed E-state index contributed by atoms with van der Waals surface area (Å²) in [6.45, 7) is 0. The number of nitrogens with two attached hydrogens (primary N) is 1. The zero-order valence-electron chi connectivity index (χ0n) is 8.75. The van der Waals surface area contributed by atoms with Gasteiger partial charge in [0.25, 0.3) is 0 Å². The van der Waals surface area contributed by atoms with E-state index in [1.165, 1.54) is 11.3 Å². The van der Waals surface area contributed by atoms with Crippen molar-refractivity contribution in [3.05, 3.63) is 35.1 Å². The summed E-state index contributed by atoms with van der Waals surface area (Å²) in [4.78, 5) is 8.32. The molecule has 0 amide bonds. The second-order valence-corrected chi connectivity index (χ2v) is 3.96. The second kappa shape index (κ2) is 4.76. The Bertz CT molecular complexity index is 490. The summed E-state index contributed by atoms with van der Waals surface area (Å²) in [5.74, 6) is 0.745. The van der Waals surface area contributed by atoms with Gasteiger partial charge in [0.05, 0.1) is 24.7 Å². The van der Waals surface area contributed by atoms with E-state index in [1.54, 1.807) is 13.3 Å². The molecule has 0 aromatic carbocycles. The van der Waals surface area contributed by atoms with E-state index in [4.69, 9.17) is 10.5 Å². The standard InChI is InChI=1S/C11H11N3OS/c1-15-10-5-4-8(13-6-10)2-3-9-7-16-11(12)14-9/h2-7H,1H3,(H2,12,14). The van der Waals surface area contributed by atoms with Crippen molar-refractivity contribution < 1.29 is 4.74 Å². The maximum atomic E-state index is 5.53. The summed E-state index contributed by atoms with van der Waals surface area (Å²) in [5, 5.41) is 2.47. The minimum absolute atomic E-state index is 0.572. The van der Waals surface area contributed by atoms with Crippen molar-refractivity contribution in [1.82, 2.24) is 9.97 Å². The molecule has 0 unspecified atom stereocenters. The lowest BCUT2D eigenvalue weighted by molar-refractivity contribution is 0.413. The van der Waals surface area contributed by atoms with Crippen molar-refractivity contribution in [3.8, 4) is 5.75 Å². The lowest BCUT2D eigenvalue weighted by Gasteiger charge is -1.97. The number of hydrogen-bond donors (Lipinski definition) is 1. The van der Waals surface area contributed by atoms with Crippen molar-refractivity contribution in [2.45, 2.75) is 0 Å². The third kappa shape index (κ3) is 2.58. The van der Waals surface area contributed by atoms with E-state index in [9.17, 15) is 0 Å². The number of anilines is 1. The van der Waals surface area contributed by atoms with Gasteiger partial charge in [-0.15, -0.1) is 11.3 Å². The van der Waals surface area contributed by atoms with E-state index >= 15 is 0 Å². The van der Waals surface area contributed by atoms with Crippen molar-refractivity contribution in [2.24, 2.45) is 0 Å².